The zero-order valence-corrected chi connectivity index (χ0v) is 30.6. The van der Waals surface area contributed by atoms with Gasteiger partial charge in [-0.1, -0.05) is 182 Å². The van der Waals surface area contributed by atoms with Crippen LogP contribution in [0, 0.1) is 0 Å². The number of hydrogen-bond donors (Lipinski definition) is 4. The van der Waals surface area contributed by atoms with Crippen molar-refractivity contribution in [3.8, 4) is 0 Å². The molecule has 0 rings (SSSR count). The molecule has 7 heteroatoms. The quantitative estimate of drug-likeness (QED) is 0.0433. The minimum absolute atomic E-state index is 0.992. The first kappa shape index (κ1) is 47.4. The van der Waals surface area contributed by atoms with Crippen LogP contribution in [0.15, 0.2) is 0 Å². The van der Waals surface area contributed by atoms with Crippen LogP contribution < -0.4 is 5.32 Å². The summed E-state index contributed by atoms with van der Waals surface area (Å²) in [5.41, 5.74) is 0. The van der Waals surface area contributed by atoms with E-state index in [1.54, 1.807) is 0 Å². The summed E-state index contributed by atoms with van der Waals surface area (Å²) in [4.78, 5) is 21.6. The van der Waals surface area contributed by atoms with Crippen LogP contribution in [-0.4, -0.2) is 41.0 Å². The Balaban J connectivity index is -0.000000652. The Morgan fingerprint density at radius 1 is 0.395 bits per heavy atom. The largest absolute Gasteiger partial charge is 0.466 e. The van der Waals surface area contributed by atoms with Gasteiger partial charge in [0, 0.05) is 13.2 Å². The van der Waals surface area contributed by atoms with Crippen LogP contribution in [-0.2, 0) is 9.30 Å². The van der Waals surface area contributed by atoms with Crippen molar-refractivity contribution in [2.24, 2.45) is 0 Å². The average Bonchev–Trinajstić information content (AvgIpc) is 2.97. The van der Waals surface area contributed by atoms with E-state index in [4.69, 9.17) is 24.0 Å². The smallest absolute Gasteiger partial charge is 0.381 e. The molecule has 4 N–H and O–H groups in total. The van der Waals surface area contributed by atoms with Gasteiger partial charge < -0.3 is 24.7 Å². The fourth-order valence-electron chi connectivity index (χ4n) is 4.96. The lowest BCUT2D eigenvalue weighted by Gasteiger charge is -2.05. The summed E-state index contributed by atoms with van der Waals surface area (Å²) in [6.45, 7) is 13.6. The second-order valence-corrected chi connectivity index (χ2v) is 13.4. The van der Waals surface area contributed by atoms with Crippen molar-refractivity contribution in [3.63, 3.8) is 0 Å². The molecule has 0 saturated heterocycles. The fraction of sp³-hybridized carbons (Fsp3) is 1.00. The molecule has 6 nitrogen and oxygen atoms in total. The molecular formula is C36H80NO5P. The van der Waals surface area contributed by atoms with Crippen molar-refractivity contribution in [1.82, 2.24) is 5.32 Å². The third kappa shape index (κ3) is 65.6. The van der Waals surface area contributed by atoms with Crippen molar-refractivity contribution in [2.45, 2.75) is 207 Å². The van der Waals surface area contributed by atoms with Crippen molar-refractivity contribution < 1.29 is 24.0 Å². The molecule has 0 aliphatic carbocycles. The predicted molar refractivity (Wildman–Crippen MR) is 190 cm³/mol. The third-order valence-electron chi connectivity index (χ3n) is 7.70. The Morgan fingerprint density at radius 2 is 0.605 bits per heavy atom. The molecule has 0 bridgehead atoms. The summed E-state index contributed by atoms with van der Waals surface area (Å²) >= 11 is 0. The van der Waals surface area contributed by atoms with Gasteiger partial charge in [-0.3, -0.25) is 0 Å². The van der Waals surface area contributed by atoms with E-state index < -0.39 is 7.82 Å². The van der Waals surface area contributed by atoms with Gasteiger partial charge in [-0.25, -0.2) is 4.57 Å². The molecule has 43 heavy (non-hydrogen) atoms. The summed E-state index contributed by atoms with van der Waals surface area (Å²) in [5, 5.41) is 3.57. The van der Waals surface area contributed by atoms with Gasteiger partial charge in [0.15, 0.2) is 0 Å². The van der Waals surface area contributed by atoms with E-state index >= 15 is 0 Å². The predicted octanol–water partition coefficient (Wildman–Crippen LogP) is 11.7. The topological polar surface area (TPSA) is 99.0 Å². The molecule has 0 aromatic carbocycles. The second-order valence-electron chi connectivity index (χ2n) is 12.4. The number of ether oxygens (including phenoxy) is 1. The van der Waals surface area contributed by atoms with Gasteiger partial charge in [-0.05, 0) is 38.8 Å². The fourth-order valence-corrected chi connectivity index (χ4v) is 4.96. The third-order valence-corrected chi connectivity index (χ3v) is 7.70. The van der Waals surface area contributed by atoms with E-state index in [2.05, 4.69) is 33.0 Å². The van der Waals surface area contributed by atoms with E-state index in [-0.39, 0.29) is 0 Å². The monoisotopic (exact) mass is 638 g/mol. The summed E-state index contributed by atoms with van der Waals surface area (Å²) in [5.74, 6) is 0. The van der Waals surface area contributed by atoms with E-state index in [0.29, 0.717) is 0 Å². The Morgan fingerprint density at radius 3 is 0.860 bits per heavy atom. The SMILES string of the molecule is CCCCCCCCCCOCCCCCCCCCC.CCCCCCCCNCCCCCCCC.O=P(O)(O)O. The number of unbranched alkanes of at least 4 members (excludes halogenated alkanes) is 24. The highest BCUT2D eigenvalue weighted by atomic mass is 31.2. The number of rotatable bonds is 32. The summed E-state index contributed by atoms with van der Waals surface area (Å²) in [6, 6.07) is 0. The average molecular weight is 638 g/mol. The van der Waals surface area contributed by atoms with E-state index in [9.17, 15) is 0 Å². The zero-order valence-electron chi connectivity index (χ0n) is 29.7. The van der Waals surface area contributed by atoms with Crippen molar-refractivity contribution >= 4 is 7.82 Å². The first-order valence-electron chi connectivity index (χ1n) is 18.9. The molecule has 264 valence electrons. The minimum atomic E-state index is -4.64. The Bertz CT molecular complexity index is 464. The molecule has 0 amide bonds. The molecule has 0 aromatic heterocycles. The first-order valence-corrected chi connectivity index (χ1v) is 20.5. The van der Waals surface area contributed by atoms with Gasteiger partial charge in [0.1, 0.15) is 0 Å². The van der Waals surface area contributed by atoms with Gasteiger partial charge >= 0.3 is 7.82 Å². The Kier molecular flexibility index (Phi) is 48.7. The molecule has 0 aromatic rings. The zero-order chi connectivity index (χ0) is 32.5. The van der Waals surface area contributed by atoms with Crippen LogP contribution in [0.1, 0.15) is 207 Å². The molecule has 0 saturated carbocycles. The maximum Gasteiger partial charge on any atom is 0.466 e. The molecule has 0 atom stereocenters. The van der Waals surface area contributed by atoms with Gasteiger partial charge in [0.2, 0.25) is 0 Å². The highest BCUT2D eigenvalue weighted by Gasteiger charge is 2.00. The number of phosphoric acid groups is 1. The molecule has 0 radical (unpaired) electrons. The van der Waals surface area contributed by atoms with Crippen LogP contribution in [0.4, 0.5) is 0 Å². The maximum absolute atomic E-state index is 8.88. The lowest BCUT2D eigenvalue weighted by Crippen LogP contribution is -2.16. The number of nitrogens with one attached hydrogen (secondary N) is 1. The second kappa shape index (κ2) is 44.2. The summed E-state index contributed by atoms with van der Waals surface area (Å²) in [6.07, 6.45) is 39.1. The molecule has 0 heterocycles. The van der Waals surface area contributed by atoms with Gasteiger partial charge in [-0.15, -0.1) is 0 Å². The Hall–Kier alpha value is 0.0300. The van der Waals surface area contributed by atoms with Crippen LogP contribution in [0.25, 0.3) is 0 Å². The Labute approximate surface area is 270 Å². The highest BCUT2D eigenvalue weighted by molar-refractivity contribution is 7.45. The van der Waals surface area contributed by atoms with Crippen LogP contribution in [0.3, 0.4) is 0 Å². The molecule has 0 spiro atoms. The summed E-state index contributed by atoms with van der Waals surface area (Å²) in [7, 11) is -4.64. The lowest BCUT2D eigenvalue weighted by atomic mass is 10.1. The van der Waals surface area contributed by atoms with Crippen LogP contribution in [0.5, 0.6) is 0 Å². The van der Waals surface area contributed by atoms with Crippen molar-refractivity contribution in [3.05, 3.63) is 0 Å². The first-order chi connectivity index (χ1) is 20.8. The van der Waals surface area contributed by atoms with Gasteiger partial charge in [0.05, 0.1) is 0 Å². The standard InChI is InChI=1S/C20H42O.C16H35N.H3O4P/c1-3-5-7-9-11-13-15-17-19-21-20-18-16-14-12-10-8-6-4-2;1-3-5-7-9-11-13-15-17-16-14-12-10-8-6-4-2;1-5(2,3)4/h3-20H2,1-2H3;17H,3-16H2,1-2H3;(H3,1,2,3,4). The van der Waals surface area contributed by atoms with Crippen molar-refractivity contribution in [1.29, 1.82) is 0 Å². The lowest BCUT2D eigenvalue weighted by molar-refractivity contribution is 0.125. The number of hydrogen-bond acceptors (Lipinski definition) is 3. The van der Waals surface area contributed by atoms with E-state index in [1.165, 1.54) is 193 Å². The molecular weight excluding hydrogens is 557 g/mol. The molecule has 0 aliphatic rings. The highest BCUT2D eigenvalue weighted by Crippen LogP contribution is 2.25. The van der Waals surface area contributed by atoms with E-state index in [0.717, 1.165) is 13.2 Å². The summed E-state index contributed by atoms with van der Waals surface area (Å²) < 4.78 is 14.6. The van der Waals surface area contributed by atoms with E-state index in [1.807, 2.05) is 0 Å². The maximum atomic E-state index is 8.88. The van der Waals surface area contributed by atoms with Gasteiger partial charge in [0.25, 0.3) is 0 Å². The van der Waals surface area contributed by atoms with Crippen LogP contribution >= 0.6 is 7.82 Å². The molecule has 0 aliphatic heterocycles. The van der Waals surface area contributed by atoms with Crippen LogP contribution in [0.2, 0.25) is 0 Å². The normalized spacial score (nSPS) is 11.1. The minimum Gasteiger partial charge on any atom is -0.381 e. The molecule has 0 unspecified atom stereocenters. The molecule has 0 fully saturated rings. The van der Waals surface area contributed by atoms with Crippen molar-refractivity contribution in [2.75, 3.05) is 26.3 Å². The van der Waals surface area contributed by atoms with Gasteiger partial charge in [-0.2, -0.15) is 0 Å².